The highest BCUT2D eigenvalue weighted by Crippen LogP contribution is 2.36. The molecule has 2 bridgehead atoms. The Morgan fingerprint density at radius 2 is 2.14 bits per heavy atom. The van der Waals surface area contributed by atoms with Crippen molar-refractivity contribution in [1.29, 1.82) is 0 Å². The maximum atomic E-state index is 11.2. The van der Waals surface area contributed by atoms with Crippen molar-refractivity contribution in [1.82, 2.24) is 4.90 Å². The Bertz CT molecular complexity index is 222. The highest BCUT2D eigenvalue weighted by atomic mass is 16.5. The van der Waals surface area contributed by atoms with Gasteiger partial charge in [0, 0.05) is 5.92 Å². The molecule has 0 unspecified atom stereocenters. The van der Waals surface area contributed by atoms with E-state index in [1.807, 2.05) is 0 Å². The molecule has 2 N–H and O–H groups in total. The van der Waals surface area contributed by atoms with Crippen LogP contribution in [0.1, 0.15) is 19.3 Å². The molecule has 3 heterocycles. The molecule has 0 aromatic heterocycles. The molecule has 4 nitrogen and oxygen atoms in total. The molecule has 0 saturated carbocycles. The molecule has 0 radical (unpaired) electrons. The van der Waals surface area contributed by atoms with Crippen LogP contribution in [0, 0.1) is 11.8 Å². The van der Waals surface area contributed by atoms with Crippen LogP contribution in [0.3, 0.4) is 0 Å². The number of carbonyl (C=O) groups excluding carboxylic acids is 1. The lowest BCUT2D eigenvalue weighted by Crippen LogP contribution is -2.59. The standard InChI is InChI=1S/C10H18N2O2/c1-14-9(13)6-8-7-2-4-12(5-3-7)10(8)11/h7-8,10H,2-6,11H2,1H3/t8-,10-/m1/s1. The topological polar surface area (TPSA) is 55.6 Å². The highest BCUT2D eigenvalue weighted by Gasteiger charge is 2.41. The zero-order valence-electron chi connectivity index (χ0n) is 8.61. The van der Waals surface area contributed by atoms with Crippen LogP contribution < -0.4 is 5.73 Å². The molecule has 0 amide bonds. The van der Waals surface area contributed by atoms with Crippen LogP contribution in [0.5, 0.6) is 0 Å². The summed E-state index contributed by atoms with van der Waals surface area (Å²) in [5.74, 6) is 0.818. The summed E-state index contributed by atoms with van der Waals surface area (Å²) < 4.78 is 4.70. The smallest absolute Gasteiger partial charge is 0.305 e. The molecule has 4 heteroatoms. The van der Waals surface area contributed by atoms with E-state index < -0.39 is 0 Å². The molecule has 0 aliphatic carbocycles. The number of carbonyl (C=O) groups is 1. The normalized spacial score (nSPS) is 41.0. The van der Waals surface area contributed by atoms with Crippen molar-refractivity contribution in [3.05, 3.63) is 0 Å². The van der Waals surface area contributed by atoms with Gasteiger partial charge in [-0.2, -0.15) is 0 Å². The van der Waals surface area contributed by atoms with Crippen molar-refractivity contribution in [2.75, 3.05) is 20.2 Å². The van der Waals surface area contributed by atoms with Gasteiger partial charge in [-0.25, -0.2) is 0 Å². The second kappa shape index (κ2) is 3.87. The number of piperidine rings is 3. The van der Waals surface area contributed by atoms with E-state index in [2.05, 4.69) is 4.90 Å². The maximum Gasteiger partial charge on any atom is 0.305 e. The Morgan fingerprint density at radius 1 is 1.50 bits per heavy atom. The molecule has 3 aliphatic heterocycles. The summed E-state index contributed by atoms with van der Waals surface area (Å²) in [4.78, 5) is 13.5. The first kappa shape index (κ1) is 9.93. The van der Waals surface area contributed by atoms with Crippen molar-refractivity contribution < 1.29 is 9.53 Å². The second-order valence-electron chi connectivity index (χ2n) is 4.31. The Balaban J connectivity index is 2.00. The predicted molar refractivity (Wildman–Crippen MR) is 52.4 cm³/mol. The third-order valence-electron chi connectivity index (χ3n) is 3.67. The Kier molecular flexibility index (Phi) is 2.74. The van der Waals surface area contributed by atoms with Gasteiger partial charge in [-0.1, -0.05) is 0 Å². The van der Waals surface area contributed by atoms with E-state index in [1.54, 1.807) is 0 Å². The molecule has 2 atom stereocenters. The summed E-state index contributed by atoms with van der Waals surface area (Å²) in [6.45, 7) is 2.20. The van der Waals surface area contributed by atoms with Gasteiger partial charge in [0.1, 0.15) is 0 Å². The number of hydrogen-bond acceptors (Lipinski definition) is 4. The van der Waals surface area contributed by atoms with Crippen LogP contribution in [0.25, 0.3) is 0 Å². The average Bonchev–Trinajstić information content (AvgIpc) is 2.23. The molecule has 3 fully saturated rings. The minimum absolute atomic E-state index is 0.0709. The largest absolute Gasteiger partial charge is 0.469 e. The van der Waals surface area contributed by atoms with E-state index >= 15 is 0 Å². The molecule has 14 heavy (non-hydrogen) atoms. The number of nitrogens with zero attached hydrogens (tertiary/aromatic N) is 1. The van der Waals surface area contributed by atoms with Crippen LogP contribution in [0.2, 0.25) is 0 Å². The lowest BCUT2D eigenvalue weighted by Gasteiger charge is -2.49. The van der Waals surface area contributed by atoms with Gasteiger partial charge < -0.3 is 10.5 Å². The van der Waals surface area contributed by atoms with Crippen molar-refractivity contribution in [2.24, 2.45) is 17.6 Å². The lowest BCUT2D eigenvalue weighted by molar-refractivity contribution is -0.144. The number of hydrogen-bond donors (Lipinski definition) is 1. The number of nitrogens with two attached hydrogens (primary N) is 1. The first-order valence-electron chi connectivity index (χ1n) is 5.29. The van der Waals surface area contributed by atoms with Gasteiger partial charge in [-0.3, -0.25) is 9.69 Å². The monoisotopic (exact) mass is 198 g/mol. The summed E-state index contributed by atoms with van der Waals surface area (Å²) in [7, 11) is 1.44. The van der Waals surface area contributed by atoms with E-state index in [4.69, 9.17) is 10.5 Å². The van der Waals surface area contributed by atoms with Crippen molar-refractivity contribution in [3.63, 3.8) is 0 Å². The summed E-state index contributed by atoms with van der Waals surface area (Å²) in [6.07, 6.45) is 2.94. The third-order valence-corrected chi connectivity index (χ3v) is 3.67. The quantitative estimate of drug-likeness (QED) is 0.643. The van der Waals surface area contributed by atoms with E-state index in [1.165, 1.54) is 20.0 Å². The zero-order valence-corrected chi connectivity index (χ0v) is 8.61. The zero-order chi connectivity index (χ0) is 10.1. The molecule has 3 aliphatic rings. The maximum absolute atomic E-state index is 11.2. The number of methoxy groups -OCH3 is 1. The van der Waals surface area contributed by atoms with E-state index in [0.29, 0.717) is 18.3 Å². The van der Waals surface area contributed by atoms with Gasteiger partial charge in [0.25, 0.3) is 0 Å². The van der Waals surface area contributed by atoms with E-state index in [9.17, 15) is 4.79 Å². The van der Waals surface area contributed by atoms with Crippen LogP contribution in [-0.2, 0) is 9.53 Å². The number of ether oxygens (including phenoxy) is 1. The molecule has 3 rings (SSSR count). The van der Waals surface area contributed by atoms with Crippen LogP contribution >= 0.6 is 0 Å². The van der Waals surface area contributed by atoms with Gasteiger partial charge in [-0.15, -0.1) is 0 Å². The Hall–Kier alpha value is -0.610. The third kappa shape index (κ3) is 1.64. The predicted octanol–water partition coefficient (Wildman–Crippen LogP) is 0.176. The fraction of sp³-hybridized carbons (Fsp3) is 0.900. The number of rotatable bonds is 2. The molecule has 0 spiro atoms. The molecular formula is C10H18N2O2. The minimum Gasteiger partial charge on any atom is -0.469 e. The van der Waals surface area contributed by atoms with Crippen LogP contribution in [0.15, 0.2) is 0 Å². The molecule has 0 aromatic carbocycles. The SMILES string of the molecule is COC(=O)C[C@@H]1C2CCN(CC2)[C@H]1N. The number of fused-ring (bicyclic) bond motifs is 3. The van der Waals surface area contributed by atoms with Gasteiger partial charge in [0.2, 0.25) is 0 Å². The van der Waals surface area contributed by atoms with Crippen molar-refractivity contribution in [2.45, 2.75) is 25.4 Å². The molecule has 3 saturated heterocycles. The van der Waals surface area contributed by atoms with Gasteiger partial charge in [0.15, 0.2) is 0 Å². The fourth-order valence-electron chi connectivity index (χ4n) is 2.76. The first-order chi connectivity index (χ1) is 6.72. The van der Waals surface area contributed by atoms with Crippen LogP contribution in [-0.4, -0.2) is 37.2 Å². The second-order valence-corrected chi connectivity index (χ2v) is 4.31. The summed E-state index contributed by atoms with van der Waals surface area (Å²) in [5, 5.41) is 0. The summed E-state index contributed by atoms with van der Waals surface area (Å²) in [5.41, 5.74) is 6.09. The van der Waals surface area contributed by atoms with Gasteiger partial charge in [0.05, 0.1) is 19.7 Å². The van der Waals surface area contributed by atoms with Crippen molar-refractivity contribution in [3.8, 4) is 0 Å². The average molecular weight is 198 g/mol. The van der Waals surface area contributed by atoms with Crippen molar-refractivity contribution >= 4 is 5.97 Å². The first-order valence-corrected chi connectivity index (χ1v) is 5.29. The van der Waals surface area contributed by atoms with E-state index in [0.717, 1.165) is 13.1 Å². The van der Waals surface area contributed by atoms with E-state index in [-0.39, 0.29) is 12.1 Å². The number of esters is 1. The Morgan fingerprint density at radius 3 is 2.64 bits per heavy atom. The summed E-state index contributed by atoms with van der Waals surface area (Å²) >= 11 is 0. The van der Waals surface area contributed by atoms with Gasteiger partial charge >= 0.3 is 5.97 Å². The minimum atomic E-state index is -0.126. The molecular weight excluding hydrogens is 180 g/mol. The fourth-order valence-corrected chi connectivity index (χ4v) is 2.76. The molecule has 80 valence electrons. The summed E-state index contributed by atoms with van der Waals surface area (Å²) in [6, 6.07) is 0. The van der Waals surface area contributed by atoms with Crippen LogP contribution in [0.4, 0.5) is 0 Å². The Labute approximate surface area is 84.4 Å². The molecule has 0 aromatic rings. The van der Waals surface area contributed by atoms with Gasteiger partial charge in [-0.05, 0) is 31.8 Å². The lowest BCUT2D eigenvalue weighted by atomic mass is 9.75. The highest BCUT2D eigenvalue weighted by molar-refractivity contribution is 5.69.